The van der Waals surface area contributed by atoms with Crippen LogP contribution < -0.4 is 5.32 Å². The van der Waals surface area contributed by atoms with Gasteiger partial charge in [-0.25, -0.2) is 9.97 Å². The highest BCUT2D eigenvalue weighted by Gasteiger charge is 2.07. The lowest BCUT2D eigenvalue weighted by atomic mass is 10.0. The smallest absolute Gasteiger partial charge is 0.255 e. The number of carbonyl (C=O) groups excluding carboxylic acids is 1. The first-order chi connectivity index (χ1) is 9.70. The fourth-order valence-corrected chi connectivity index (χ4v) is 1.65. The molecule has 0 spiro atoms. The van der Waals surface area contributed by atoms with Crippen LogP contribution in [0, 0.1) is 18.8 Å². The first-order valence-corrected chi connectivity index (χ1v) is 5.97. The topological polar surface area (TPSA) is 75.1 Å². The zero-order valence-corrected chi connectivity index (χ0v) is 10.9. The Kier molecular flexibility index (Phi) is 4.43. The van der Waals surface area contributed by atoms with Gasteiger partial charge in [-0.3, -0.25) is 4.79 Å². The molecule has 1 amide bonds. The van der Waals surface area contributed by atoms with Crippen molar-refractivity contribution in [3.63, 3.8) is 0 Å². The molecular formula is C15H13N3O2. The van der Waals surface area contributed by atoms with E-state index < -0.39 is 0 Å². The van der Waals surface area contributed by atoms with E-state index in [-0.39, 0.29) is 12.5 Å². The Morgan fingerprint density at radius 1 is 1.35 bits per heavy atom. The molecule has 0 aliphatic rings. The zero-order valence-electron chi connectivity index (χ0n) is 10.9. The van der Waals surface area contributed by atoms with Gasteiger partial charge in [0.25, 0.3) is 5.91 Å². The fourth-order valence-electron chi connectivity index (χ4n) is 1.65. The normalized spacial score (nSPS) is 9.50. The summed E-state index contributed by atoms with van der Waals surface area (Å²) in [5.41, 5.74) is 2.74. The minimum Gasteiger partial charge on any atom is -0.384 e. The van der Waals surface area contributed by atoms with Crippen LogP contribution in [-0.4, -0.2) is 27.6 Å². The maximum absolute atomic E-state index is 12.0. The highest BCUT2D eigenvalue weighted by Crippen LogP contribution is 2.12. The summed E-state index contributed by atoms with van der Waals surface area (Å²) in [5.74, 6) is 5.18. The predicted molar refractivity (Wildman–Crippen MR) is 75.1 cm³/mol. The third-order valence-electron chi connectivity index (χ3n) is 2.61. The maximum Gasteiger partial charge on any atom is 0.255 e. The van der Waals surface area contributed by atoms with E-state index in [0.29, 0.717) is 11.3 Å². The van der Waals surface area contributed by atoms with Crippen LogP contribution >= 0.6 is 0 Å². The zero-order chi connectivity index (χ0) is 14.4. The molecule has 5 heteroatoms. The molecule has 1 heterocycles. The van der Waals surface area contributed by atoms with Crippen LogP contribution in [0.4, 0.5) is 5.69 Å². The van der Waals surface area contributed by atoms with Gasteiger partial charge >= 0.3 is 0 Å². The number of aromatic nitrogens is 2. The van der Waals surface area contributed by atoms with Crippen molar-refractivity contribution in [2.45, 2.75) is 6.92 Å². The Balaban J connectivity index is 2.17. The van der Waals surface area contributed by atoms with E-state index in [2.05, 4.69) is 27.1 Å². The Bertz CT molecular complexity index is 673. The standard InChI is InChI=1S/C15H13N3O2/c1-11-7-13(5-4-12(11)3-2-6-19)15(20)18-14-8-16-10-17-9-14/h4-5,7-10,19H,6H2,1H3,(H,18,20). The van der Waals surface area contributed by atoms with Gasteiger partial charge in [-0.1, -0.05) is 11.8 Å². The van der Waals surface area contributed by atoms with Crippen LogP contribution in [-0.2, 0) is 0 Å². The molecule has 0 bridgehead atoms. The quantitative estimate of drug-likeness (QED) is 0.806. The van der Waals surface area contributed by atoms with Crippen LogP contribution in [0.1, 0.15) is 21.5 Å². The van der Waals surface area contributed by atoms with Gasteiger partial charge in [0.15, 0.2) is 0 Å². The molecular weight excluding hydrogens is 254 g/mol. The Morgan fingerprint density at radius 2 is 2.10 bits per heavy atom. The van der Waals surface area contributed by atoms with Crippen molar-refractivity contribution < 1.29 is 9.90 Å². The van der Waals surface area contributed by atoms with E-state index >= 15 is 0 Å². The SMILES string of the molecule is Cc1cc(C(=O)Nc2cncnc2)ccc1C#CCO. The number of amides is 1. The van der Waals surface area contributed by atoms with E-state index in [1.54, 1.807) is 18.2 Å². The molecule has 0 aliphatic carbocycles. The van der Waals surface area contributed by atoms with E-state index in [0.717, 1.165) is 11.1 Å². The predicted octanol–water partition coefficient (Wildman–Crippen LogP) is 1.38. The summed E-state index contributed by atoms with van der Waals surface area (Å²) in [7, 11) is 0. The lowest BCUT2D eigenvalue weighted by Crippen LogP contribution is -2.12. The van der Waals surface area contributed by atoms with Crippen molar-refractivity contribution in [2.75, 3.05) is 11.9 Å². The van der Waals surface area contributed by atoms with Gasteiger partial charge in [0.1, 0.15) is 12.9 Å². The minimum atomic E-state index is -0.232. The van der Waals surface area contributed by atoms with E-state index in [4.69, 9.17) is 5.11 Å². The first kappa shape index (κ1) is 13.7. The third kappa shape index (κ3) is 3.40. The van der Waals surface area contributed by atoms with Crippen LogP contribution in [0.5, 0.6) is 0 Å². The number of nitrogens with zero attached hydrogens (tertiary/aromatic N) is 2. The number of nitrogens with one attached hydrogen (secondary N) is 1. The molecule has 1 aromatic heterocycles. The summed E-state index contributed by atoms with van der Waals surface area (Å²) >= 11 is 0. The Labute approximate surface area is 116 Å². The monoisotopic (exact) mass is 267 g/mol. The molecule has 5 nitrogen and oxygen atoms in total. The molecule has 0 saturated carbocycles. The van der Waals surface area contributed by atoms with Crippen LogP contribution in [0.3, 0.4) is 0 Å². The number of aliphatic hydroxyl groups excluding tert-OH is 1. The van der Waals surface area contributed by atoms with Gasteiger partial charge in [0, 0.05) is 11.1 Å². The van der Waals surface area contributed by atoms with Gasteiger partial charge in [0.05, 0.1) is 18.1 Å². The molecule has 0 unspecified atom stereocenters. The van der Waals surface area contributed by atoms with Crippen LogP contribution in [0.15, 0.2) is 36.9 Å². The minimum absolute atomic E-state index is 0.185. The molecule has 0 saturated heterocycles. The molecule has 0 aliphatic heterocycles. The van der Waals surface area contributed by atoms with Crippen molar-refractivity contribution >= 4 is 11.6 Å². The first-order valence-electron chi connectivity index (χ1n) is 5.97. The lowest BCUT2D eigenvalue weighted by Gasteiger charge is -2.06. The number of aryl methyl sites for hydroxylation is 1. The van der Waals surface area contributed by atoms with Crippen LogP contribution in [0.2, 0.25) is 0 Å². The summed E-state index contributed by atoms with van der Waals surface area (Å²) in [6, 6.07) is 5.20. The number of rotatable bonds is 2. The number of benzene rings is 1. The molecule has 0 radical (unpaired) electrons. The molecule has 0 fully saturated rings. The van der Waals surface area contributed by atoms with E-state index in [1.807, 2.05) is 6.92 Å². The molecule has 100 valence electrons. The average Bonchev–Trinajstić information content (AvgIpc) is 2.47. The average molecular weight is 267 g/mol. The number of aliphatic hydroxyl groups is 1. The summed E-state index contributed by atoms with van der Waals surface area (Å²) < 4.78 is 0. The lowest BCUT2D eigenvalue weighted by molar-refractivity contribution is 0.102. The van der Waals surface area contributed by atoms with Crippen molar-refractivity contribution in [3.05, 3.63) is 53.6 Å². The summed E-state index contributed by atoms with van der Waals surface area (Å²) in [6.07, 6.45) is 4.45. The summed E-state index contributed by atoms with van der Waals surface area (Å²) in [4.78, 5) is 19.7. The second-order valence-electron chi connectivity index (χ2n) is 4.07. The summed E-state index contributed by atoms with van der Waals surface area (Å²) in [6.45, 7) is 1.68. The maximum atomic E-state index is 12.0. The van der Waals surface area contributed by atoms with Crippen LogP contribution in [0.25, 0.3) is 0 Å². The number of carbonyl (C=O) groups is 1. The largest absolute Gasteiger partial charge is 0.384 e. The number of hydrogen-bond donors (Lipinski definition) is 2. The van der Waals surface area contributed by atoms with Gasteiger partial charge in [-0.15, -0.1) is 0 Å². The molecule has 0 atom stereocenters. The molecule has 20 heavy (non-hydrogen) atoms. The molecule has 2 rings (SSSR count). The van der Waals surface area contributed by atoms with E-state index in [1.165, 1.54) is 18.7 Å². The fraction of sp³-hybridized carbons (Fsp3) is 0.133. The molecule has 2 aromatic rings. The number of anilines is 1. The second kappa shape index (κ2) is 6.45. The van der Waals surface area contributed by atoms with Crippen molar-refractivity contribution in [3.8, 4) is 11.8 Å². The van der Waals surface area contributed by atoms with Gasteiger partial charge in [0.2, 0.25) is 0 Å². The van der Waals surface area contributed by atoms with Crippen molar-refractivity contribution in [1.82, 2.24) is 9.97 Å². The molecule has 1 aromatic carbocycles. The number of hydrogen-bond acceptors (Lipinski definition) is 4. The van der Waals surface area contributed by atoms with Gasteiger partial charge < -0.3 is 10.4 Å². The third-order valence-corrected chi connectivity index (χ3v) is 2.61. The highest BCUT2D eigenvalue weighted by molar-refractivity contribution is 6.04. The highest BCUT2D eigenvalue weighted by atomic mass is 16.2. The summed E-state index contributed by atoms with van der Waals surface area (Å²) in [5, 5.41) is 11.4. The van der Waals surface area contributed by atoms with Gasteiger partial charge in [-0.2, -0.15) is 0 Å². The molecule has 2 N–H and O–H groups in total. The van der Waals surface area contributed by atoms with Gasteiger partial charge in [-0.05, 0) is 30.7 Å². The van der Waals surface area contributed by atoms with Crippen molar-refractivity contribution in [2.24, 2.45) is 0 Å². The van der Waals surface area contributed by atoms with Crippen molar-refractivity contribution in [1.29, 1.82) is 0 Å². The Morgan fingerprint density at radius 3 is 2.75 bits per heavy atom. The Hall–Kier alpha value is -2.71. The van der Waals surface area contributed by atoms with E-state index in [9.17, 15) is 4.79 Å². The second-order valence-corrected chi connectivity index (χ2v) is 4.07.